The second kappa shape index (κ2) is 10.0. The number of sulfonamides is 1. The Balaban J connectivity index is 1.23. The van der Waals surface area contributed by atoms with Crippen molar-refractivity contribution in [2.75, 3.05) is 31.6 Å². The van der Waals surface area contributed by atoms with Crippen LogP contribution in [-0.4, -0.2) is 85.7 Å². The van der Waals surface area contributed by atoms with Crippen molar-refractivity contribution in [1.82, 2.24) is 38.9 Å². The second-order valence-electron chi connectivity index (χ2n) is 9.90. The lowest BCUT2D eigenvalue weighted by Gasteiger charge is -2.36. The molecule has 6 rings (SSSR count). The summed E-state index contributed by atoms with van der Waals surface area (Å²) in [6, 6.07) is 3.89. The lowest BCUT2D eigenvalue weighted by Crippen LogP contribution is -2.47. The average Bonchev–Trinajstić information content (AvgIpc) is 3.67. The molecule has 2 saturated heterocycles. The van der Waals surface area contributed by atoms with Crippen LogP contribution in [0.4, 0.5) is 5.95 Å². The third-order valence-electron chi connectivity index (χ3n) is 7.21. The van der Waals surface area contributed by atoms with Crippen LogP contribution in [-0.2, 0) is 21.8 Å². The zero-order chi connectivity index (χ0) is 26.3. The first-order chi connectivity index (χ1) is 18.4. The normalized spacial score (nSPS) is 21.6. The number of anilines is 1. The number of hydrogen-bond donors (Lipinski definition) is 2. The Labute approximate surface area is 220 Å². The fourth-order valence-electron chi connectivity index (χ4n) is 5.06. The summed E-state index contributed by atoms with van der Waals surface area (Å²) < 4.78 is 42.8. The number of pyridine rings is 1. The highest BCUT2D eigenvalue weighted by Crippen LogP contribution is 2.33. The fraction of sp³-hybridized carbons (Fsp3) is 0.500. The first kappa shape index (κ1) is 24.8. The standard InChI is InChI=1S/C24H31N9O4S/c1-16-14-32(38(34,35)19-13-27-31(2)15-19)8-5-21(16)28-24-29-22-4-3-20(17-11-25-26-12-17)23(33(22)30-24)37-18-6-9-36-10-7-18/h3-4,11-13,15-16,18,21H,5-10,14H2,1-2H3,(H,25,26)(H,28,30)/t16-,21+/m1/s1. The lowest BCUT2D eigenvalue weighted by molar-refractivity contribution is 0.0231. The molecule has 0 bridgehead atoms. The van der Waals surface area contributed by atoms with E-state index in [1.165, 1.54) is 21.4 Å². The van der Waals surface area contributed by atoms with Gasteiger partial charge in [0.2, 0.25) is 21.9 Å². The highest BCUT2D eigenvalue weighted by Gasteiger charge is 2.34. The summed E-state index contributed by atoms with van der Waals surface area (Å²) in [5, 5.41) is 19.2. The molecule has 0 spiro atoms. The van der Waals surface area contributed by atoms with Gasteiger partial charge in [0.1, 0.15) is 11.0 Å². The van der Waals surface area contributed by atoms with Crippen molar-refractivity contribution in [3.8, 4) is 17.0 Å². The van der Waals surface area contributed by atoms with E-state index in [-0.39, 0.29) is 23.0 Å². The molecule has 202 valence electrons. The van der Waals surface area contributed by atoms with Crippen molar-refractivity contribution >= 4 is 21.6 Å². The summed E-state index contributed by atoms with van der Waals surface area (Å²) >= 11 is 0. The lowest BCUT2D eigenvalue weighted by atomic mass is 9.95. The van der Waals surface area contributed by atoms with Crippen LogP contribution in [0.3, 0.4) is 0 Å². The molecule has 2 aliphatic heterocycles. The molecule has 2 atom stereocenters. The summed E-state index contributed by atoms with van der Waals surface area (Å²) in [6.45, 7) is 4.16. The van der Waals surface area contributed by atoms with Gasteiger partial charge in [-0.05, 0) is 24.5 Å². The van der Waals surface area contributed by atoms with Gasteiger partial charge in [-0.15, -0.1) is 5.10 Å². The van der Waals surface area contributed by atoms with Gasteiger partial charge in [-0.1, -0.05) is 6.92 Å². The van der Waals surface area contributed by atoms with Gasteiger partial charge in [0.15, 0.2) is 5.65 Å². The van der Waals surface area contributed by atoms with Crippen LogP contribution >= 0.6 is 0 Å². The fourth-order valence-corrected chi connectivity index (χ4v) is 6.60. The van der Waals surface area contributed by atoms with Crippen LogP contribution < -0.4 is 10.1 Å². The topological polar surface area (TPSA) is 145 Å². The Bertz CT molecular complexity index is 1510. The van der Waals surface area contributed by atoms with E-state index < -0.39 is 10.0 Å². The number of piperidine rings is 1. The maximum absolute atomic E-state index is 13.1. The largest absolute Gasteiger partial charge is 0.474 e. The van der Waals surface area contributed by atoms with Crippen molar-refractivity contribution in [2.24, 2.45) is 13.0 Å². The van der Waals surface area contributed by atoms with Crippen molar-refractivity contribution in [2.45, 2.75) is 43.2 Å². The highest BCUT2D eigenvalue weighted by atomic mass is 32.2. The molecule has 0 radical (unpaired) electrons. The monoisotopic (exact) mass is 541 g/mol. The molecule has 0 aromatic carbocycles. The summed E-state index contributed by atoms with van der Waals surface area (Å²) in [7, 11) is -1.88. The molecule has 0 aliphatic carbocycles. The van der Waals surface area contributed by atoms with Gasteiger partial charge in [0.25, 0.3) is 0 Å². The molecule has 4 aromatic rings. The van der Waals surface area contributed by atoms with E-state index in [4.69, 9.17) is 19.6 Å². The number of nitrogens with one attached hydrogen (secondary N) is 2. The van der Waals surface area contributed by atoms with Crippen molar-refractivity contribution < 1.29 is 17.9 Å². The zero-order valence-electron chi connectivity index (χ0n) is 21.3. The molecule has 2 aliphatic rings. The van der Waals surface area contributed by atoms with E-state index >= 15 is 0 Å². The van der Waals surface area contributed by atoms with Gasteiger partial charge in [-0.3, -0.25) is 9.78 Å². The van der Waals surface area contributed by atoms with Crippen molar-refractivity contribution in [1.29, 1.82) is 0 Å². The molecular weight excluding hydrogens is 510 g/mol. The summed E-state index contributed by atoms with van der Waals surface area (Å²) in [5.41, 5.74) is 2.43. The molecule has 6 heterocycles. The maximum atomic E-state index is 13.1. The van der Waals surface area contributed by atoms with Crippen LogP contribution in [0.25, 0.3) is 16.8 Å². The van der Waals surface area contributed by atoms with E-state index in [9.17, 15) is 8.42 Å². The Hall–Kier alpha value is -3.49. The van der Waals surface area contributed by atoms with Gasteiger partial charge >= 0.3 is 0 Å². The first-order valence-electron chi connectivity index (χ1n) is 12.8. The molecule has 38 heavy (non-hydrogen) atoms. The number of hydrogen-bond acceptors (Lipinski definition) is 9. The molecule has 0 unspecified atom stereocenters. The summed E-state index contributed by atoms with van der Waals surface area (Å²) in [6.07, 6.45) is 8.75. The maximum Gasteiger partial charge on any atom is 0.246 e. The average molecular weight is 542 g/mol. The van der Waals surface area contributed by atoms with Gasteiger partial charge in [0.05, 0.1) is 25.6 Å². The number of ether oxygens (including phenoxy) is 2. The third-order valence-corrected chi connectivity index (χ3v) is 9.03. The Morgan fingerprint density at radius 3 is 2.74 bits per heavy atom. The van der Waals surface area contributed by atoms with Crippen LogP contribution in [0.5, 0.6) is 5.88 Å². The quantitative estimate of drug-likeness (QED) is 0.358. The summed E-state index contributed by atoms with van der Waals surface area (Å²) in [4.78, 5) is 4.92. The molecular formula is C24H31N9O4S. The Morgan fingerprint density at radius 2 is 2.03 bits per heavy atom. The van der Waals surface area contributed by atoms with E-state index in [1.807, 2.05) is 25.3 Å². The zero-order valence-corrected chi connectivity index (χ0v) is 22.1. The van der Waals surface area contributed by atoms with E-state index in [0.29, 0.717) is 50.2 Å². The molecule has 2 fully saturated rings. The SMILES string of the molecule is C[C@@H]1CN(S(=O)(=O)c2cnn(C)c2)CC[C@@H]1Nc1nc2ccc(-c3cn[nH]c3)c(OC3CCOCC3)n2n1. The predicted molar refractivity (Wildman–Crippen MR) is 138 cm³/mol. The molecule has 13 nitrogen and oxygen atoms in total. The van der Waals surface area contributed by atoms with E-state index in [2.05, 4.69) is 20.6 Å². The van der Waals surface area contributed by atoms with E-state index in [0.717, 1.165) is 24.0 Å². The molecule has 14 heteroatoms. The van der Waals surface area contributed by atoms with Crippen LogP contribution in [0.2, 0.25) is 0 Å². The van der Waals surface area contributed by atoms with Crippen molar-refractivity contribution in [3.05, 3.63) is 36.9 Å². The Kier molecular flexibility index (Phi) is 6.53. The third kappa shape index (κ3) is 4.74. The van der Waals surface area contributed by atoms with Gasteiger partial charge in [-0.2, -0.15) is 24.0 Å². The molecule has 2 N–H and O–H groups in total. The minimum atomic E-state index is -3.58. The highest BCUT2D eigenvalue weighted by molar-refractivity contribution is 7.89. The van der Waals surface area contributed by atoms with Crippen molar-refractivity contribution in [3.63, 3.8) is 0 Å². The van der Waals surface area contributed by atoms with E-state index in [1.54, 1.807) is 17.8 Å². The minimum Gasteiger partial charge on any atom is -0.474 e. The summed E-state index contributed by atoms with van der Waals surface area (Å²) in [5.74, 6) is 1.13. The number of rotatable bonds is 7. The minimum absolute atomic E-state index is 0.0148. The first-order valence-corrected chi connectivity index (χ1v) is 14.2. The predicted octanol–water partition coefficient (Wildman–Crippen LogP) is 1.92. The number of aromatic nitrogens is 7. The molecule has 0 saturated carbocycles. The molecule has 4 aromatic heterocycles. The second-order valence-corrected chi connectivity index (χ2v) is 11.8. The number of aromatic amines is 1. The van der Waals surface area contributed by atoms with Gasteiger partial charge in [-0.25, -0.2) is 8.42 Å². The number of nitrogens with zero attached hydrogens (tertiary/aromatic N) is 7. The number of H-pyrrole nitrogens is 1. The van der Waals surface area contributed by atoms with Crippen LogP contribution in [0.15, 0.2) is 41.8 Å². The smallest absolute Gasteiger partial charge is 0.246 e. The van der Waals surface area contributed by atoms with Crippen LogP contribution in [0, 0.1) is 5.92 Å². The van der Waals surface area contributed by atoms with Gasteiger partial charge < -0.3 is 14.8 Å². The van der Waals surface area contributed by atoms with Crippen LogP contribution in [0.1, 0.15) is 26.2 Å². The molecule has 0 amide bonds. The van der Waals surface area contributed by atoms with Gasteiger partial charge in [0, 0.05) is 62.5 Å². The number of aryl methyl sites for hydroxylation is 1. The Morgan fingerprint density at radius 1 is 1.18 bits per heavy atom. The number of fused-ring (bicyclic) bond motifs is 1.